The molecule has 3 aliphatic heterocycles. The zero-order chi connectivity index (χ0) is 30.8. The maximum absolute atomic E-state index is 12.5. The first kappa shape index (κ1) is 32.5. The summed E-state index contributed by atoms with van der Waals surface area (Å²) in [6.07, 6.45) is 5.39. The van der Waals surface area contributed by atoms with Crippen LogP contribution < -0.4 is 10.8 Å². The summed E-state index contributed by atoms with van der Waals surface area (Å²) in [5, 5.41) is 21.0. The number of hydroxylamine groups is 1. The van der Waals surface area contributed by atoms with Crippen molar-refractivity contribution in [2.45, 2.75) is 88.7 Å². The summed E-state index contributed by atoms with van der Waals surface area (Å²) in [5.41, 5.74) is 5.12. The number of amides is 2. The smallest absolute Gasteiger partial charge is 0.243 e. The van der Waals surface area contributed by atoms with Gasteiger partial charge in [-0.05, 0) is 36.1 Å². The topological polar surface area (TPSA) is 139 Å². The first-order chi connectivity index (χ1) is 21.4. The highest BCUT2D eigenvalue weighted by atomic mass is 16.7. The average Bonchev–Trinajstić information content (AvgIpc) is 3.51. The lowest BCUT2D eigenvalue weighted by atomic mass is 9.98. The van der Waals surface area contributed by atoms with E-state index in [1.165, 1.54) is 0 Å². The second-order valence-electron chi connectivity index (χ2n) is 11.9. The Balaban J connectivity index is 1.16. The number of likely N-dealkylation sites (tertiary alicyclic amines) is 1. The van der Waals surface area contributed by atoms with Gasteiger partial charge in [-0.2, -0.15) is 0 Å². The Kier molecular flexibility index (Phi) is 11.7. The first-order valence-corrected chi connectivity index (χ1v) is 15.8. The lowest BCUT2D eigenvalue weighted by Crippen LogP contribution is -2.48. The monoisotopic (exact) mass is 611 g/mol. The molecule has 240 valence electrons. The summed E-state index contributed by atoms with van der Waals surface area (Å²) in [7, 11) is 0. The molecule has 0 saturated carbocycles. The number of ether oxygens (including phenoxy) is 4. The van der Waals surface area contributed by atoms with E-state index >= 15 is 0 Å². The number of carbonyl (C=O) groups excluding carboxylic acids is 2. The fraction of sp³-hybridized carbons (Fsp3) is 0.576. The van der Waals surface area contributed by atoms with Gasteiger partial charge in [-0.1, -0.05) is 49.2 Å². The van der Waals surface area contributed by atoms with Crippen LogP contribution in [0.5, 0.6) is 0 Å². The fourth-order valence-corrected chi connectivity index (χ4v) is 6.11. The third kappa shape index (κ3) is 9.07. The highest BCUT2D eigenvalue weighted by molar-refractivity contribution is 5.90. The van der Waals surface area contributed by atoms with Crippen LogP contribution >= 0.6 is 0 Å². The van der Waals surface area contributed by atoms with E-state index < -0.39 is 12.1 Å². The van der Waals surface area contributed by atoms with Crippen molar-refractivity contribution in [2.24, 2.45) is 0 Å². The van der Waals surface area contributed by atoms with Crippen LogP contribution in [0.3, 0.4) is 0 Å². The number of aliphatic hydroxyl groups is 1. The minimum absolute atomic E-state index is 0.00155. The minimum Gasteiger partial charge on any atom is -0.392 e. The maximum Gasteiger partial charge on any atom is 0.243 e. The molecule has 2 aromatic rings. The number of nitrogens with zero attached hydrogens (tertiary/aromatic N) is 1. The van der Waals surface area contributed by atoms with E-state index in [4.69, 9.17) is 24.2 Å². The molecule has 11 nitrogen and oxygen atoms in total. The van der Waals surface area contributed by atoms with Crippen LogP contribution in [0, 0.1) is 0 Å². The Hall–Kier alpha value is -2.90. The lowest BCUT2D eigenvalue weighted by Gasteiger charge is -2.41. The summed E-state index contributed by atoms with van der Waals surface area (Å²) in [5.74, 6) is -0.855. The van der Waals surface area contributed by atoms with Crippen molar-refractivity contribution < 1.29 is 38.9 Å². The molecule has 1 spiro atoms. The number of hydrogen-bond donors (Lipinski definition) is 4. The molecule has 5 rings (SSSR count). The van der Waals surface area contributed by atoms with E-state index in [-0.39, 0.29) is 37.0 Å². The second kappa shape index (κ2) is 15.9. The third-order valence-corrected chi connectivity index (χ3v) is 8.66. The van der Waals surface area contributed by atoms with Crippen molar-refractivity contribution in [3.05, 3.63) is 65.2 Å². The summed E-state index contributed by atoms with van der Waals surface area (Å²) >= 11 is 0. The van der Waals surface area contributed by atoms with Crippen molar-refractivity contribution in [3.8, 4) is 0 Å². The van der Waals surface area contributed by atoms with Gasteiger partial charge in [-0.25, -0.2) is 5.48 Å². The van der Waals surface area contributed by atoms with Crippen LogP contribution in [0.15, 0.2) is 48.5 Å². The molecule has 4 N–H and O–H groups in total. The van der Waals surface area contributed by atoms with Crippen molar-refractivity contribution in [1.82, 2.24) is 10.4 Å². The van der Waals surface area contributed by atoms with Gasteiger partial charge in [0.2, 0.25) is 11.8 Å². The van der Waals surface area contributed by atoms with E-state index in [0.717, 1.165) is 68.4 Å². The maximum atomic E-state index is 12.5. The number of anilines is 1. The van der Waals surface area contributed by atoms with E-state index in [1.807, 2.05) is 48.5 Å². The van der Waals surface area contributed by atoms with E-state index in [2.05, 4.69) is 10.2 Å². The number of piperidine rings is 1. The normalized spacial score (nSPS) is 23.5. The average molecular weight is 612 g/mol. The van der Waals surface area contributed by atoms with Gasteiger partial charge < -0.3 is 34.3 Å². The van der Waals surface area contributed by atoms with Crippen LogP contribution in [0.25, 0.3) is 0 Å². The van der Waals surface area contributed by atoms with Gasteiger partial charge in [-0.3, -0.25) is 14.8 Å². The number of aliphatic hydroxyl groups excluding tert-OH is 1. The Bertz CT molecular complexity index is 1190. The number of unbranched alkanes of at least 4 members (excludes halogenated alkanes) is 3. The van der Waals surface area contributed by atoms with Gasteiger partial charge in [-0.15, -0.1) is 0 Å². The Morgan fingerprint density at radius 2 is 1.48 bits per heavy atom. The Morgan fingerprint density at radius 1 is 0.841 bits per heavy atom. The molecule has 2 amide bonds. The molecular formula is C33H45N3O8. The van der Waals surface area contributed by atoms with Gasteiger partial charge in [0.25, 0.3) is 0 Å². The van der Waals surface area contributed by atoms with Crippen LogP contribution in [0.2, 0.25) is 0 Å². The molecule has 3 fully saturated rings. The number of carbonyl (C=O) groups is 2. The molecule has 44 heavy (non-hydrogen) atoms. The molecule has 0 radical (unpaired) electrons. The number of nitrogens with one attached hydrogen (secondary N) is 2. The van der Waals surface area contributed by atoms with Crippen LogP contribution in [-0.4, -0.2) is 71.8 Å². The van der Waals surface area contributed by atoms with Gasteiger partial charge >= 0.3 is 0 Å². The van der Waals surface area contributed by atoms with Gasteiger partial charge in [0.05, 0.1) is 32.0 Å². The number of benzene rings is 2. The van der Waals surface area contributed by atoms with Crippen molar-refractivity contribution in [2.75, 3.05) is 38.2 Å². The quantitative estimate of drug-likeness (QED) is 0.148. The number of rotatable bonds is 13. The van der Waals surface area contributed by atoms with Crippen molar-refractivity contribution in [1.29, 1.82) is 0 Å². The molecule has 3 aliphatic rings. The summed E-state index contributed by atoms with van der Waals surface area (Å²) < 4.78 is 24.8. The first-order valence-electron chi connectivity index (χ1n) is 15.8. The molecule has 2 aromatic carbocycles. The largest absolute Gasteiger partial charge is 0.392 e. The zero-order valence-electron chi connectivity index (χ0n) is 25.2. The molecule has 0 aliphatic carbocycles. The molecule has 3 unspecified atom stereocenters. The molecule has 0 aromatic heterocycles. The van der Waals surface area contributed by atoms with Crippen LogP contribution in [0.4, 0.5) is 5.69 Å². The highest BCUT2D eigenvalue weighted by Crippen LogP contribution is 2.39. The predicted molar refractivity (Wildman–Crippen MR) is 161 cm³/mol. The van der Waals surface area contributed by atoms with Crippen LogP contribution in [0.1, 0.15) is 86.9 Å². The van der Waals surface area contributed by atoms with Gasteiger partial charge in [0.1, 0.15) is 0 Å². The Labute approximate surface area is 258 Å². The SMILES string of the molecule is O=C(CCCCCCC(=O)Nc1ccc(C2OC(CN3CCC4(CC3)OCCO4)CC(c3ccc(CO)cc3)O2)cc1)NO. The molecule has 11 heteroatoms. The number of hydrogen-bond acceptors (Lipinski definition) is 9. The van der Waals surface area contributed by atoms with Crippen molar-refractivity contribution >= 4 is 17.5 Å². The molecule has 3 saturated heterocycles. The summed E-state index contributed by atoms with van der Waals surface area (Å²) in [6, 6.07) is 15.5. The summed E-state index contributed by atoms with van der Waals surface area (Å²) in [6.45, 7) is 3.88. The molecular weight excluding hydrogens is 566 g/mol. The fourth-order valence-electron chi connectivity index (χ4n) is 6.11. The Morgan fingerprint density at radius 3 is 2.11 bits per heavy atom. The van der Waals surface area contributed by atoms with E-state index in [9.17, 15) is 14.7 Å². The van der Waals surface area contributed by atoms with Crippen LogP contribution in [-0.2, 0) is 35.1 Å². The molecule has 3 atom stereocenters. The van der Waals surface area contributed by atoms with Gasteiger partial charge in [0, 0.05) is 63.0 Å². The van der Waals surface area contributed by atoms with E-state index in [1.54, 1.807) is 5.48 Å². The van der Waals surface area contributed by atoms with Gasteiger partial charge in [0.15, 0.2) is 12.1 Å². The zero-order valence-corrected chi connectivity index (χ0v) is 25.2. The second-order valence-corrected chi connectivity index (χ2v) is 11.9. The lowest BCUT2D eigenvalue weighted by molar-refractivity contribution is -0.255. The summed E-state index contributed by atoms with van der Waals surface area (Å²) in [4.78, 5) is 25.9. The third-order valence-electron chi connectivity index (χ3n) is 8.66. The predicted octanol–water partition coefficient (Wildman–Crippen LogP) is 4.35. The van der Waals surface area contributed by atoms with E-state index in [0.29, 0.717) is 38.2 Å². The molecule has 3 heterocycles. The molecule has 0 bridgehead atoms. The minimum atomic E-state index is -0.563. The standard InChI is InChI=1S/C33H45N3O8/c37-23-24-7-9-25(10-8-24)29-21-28(22-36-17-15-33(16-18-36)41-19-20-42-33)43-32(44-29)26-11-13-27(14-12-26)34-30(38)5-3-1-2-4-6-31(39)35-40/h7-14,28-29,32,37,40H,1-6,15-23H2,(H,34,38)(H,35,39). The highest BCUT2D eigenvalue weighted by Gasteiger charge is 2.41. The van der Waals surface area contributed by atoms with Crippen molar-refractivity contribution in [3.63, 3.8) is 0 Å².